The molecule has 6 amide bonds. The van der Waals surface area contributed by atoms with Gasteiger partial charge in [-0.05, 0) is 55.6 Å². The van der Waals surface area contributed by atoms with Gasteiger partial charge >= 0.3 is 0 Å². The Morgan fingerprint density at radius 3 is 1.30 bits per heavy atom. The quantitative estimate of drug-likeness (QED) is 0.0361. The normalized spacial score (nSPS) is 16.1. The number of aryl methyl sites for hydroxylation is 1. The highest BCUT2D eigenvalue weighted by Gasteiger charge is 2.50. The minimum absolute atomic E-state index is 0.00286. The summed E-state index contributed by atoms with van der Waals surface area (Å²) < 4.78 is 66.2. The van der Waals surface area contributed by atoms with Gasteiger partial charge in [-0.25, -0.2) is 0 Å². The number of carbonyl (C=O) groups is 7. The molecule has 0 saturated carbocycles. The average molecular weight is 1400 g/mol. The third-order valence-corrected chi connectivity index (χ3v) is 15.4. The van der Waals surface area contributed by atoms with E-state index in [1.165, 1.54) is 0 Å². The van der Waals surface area contributed by atoms with E-state index < -0.39 is 47.5 Å². The zero-order valence-corrected chi connectivity index (χ0v) is 57.8. The summed E-state index contributed by atoms with van der Waals surface area (Å²) in [6.45, 7) is 21.4. The maximum atomic E-state index is 14.4. The Morgan fingerprint density at radius 1 is 0.479 bits per heavy atom. The van der Waals surface area contributed by atoms with Crippen LogP contribution < -0.4 is 26.6 Å². The Labute approximate surface area is 564 Å². The number of piperazine rings is 1. The molecule has 0 bridgehead atoms. The molecular weight excluding hydrogens is 1290 g/mol. The largest absolute Gasteiger partial charge is 0.379 e. The van der Waals surface area contributed by atoms with Crippen molar-refractivity contribution in [2.75, 3.05) is 197 Å². The monoisotopic (exact) mass is 1390 g/mol. The highest BCUT2D eigenvalue weighted by Crippen LogP contribution is 2.30. The van der Waals surface area contributed by atoms with Crippen LogP contribution in [0.25, 0.3) is 0 Å². The zero-order valence-electron chi connectivity index (χ0n) is 56.2. The minimum Gasteiger partial charge on any atom is -0.379 e. The van der Waals surface area contributed by atoms with Gasteiger partial charge < -0.3 is 88.3 Å². The molecule has 5 atom stereocenters. The van der Waals surface area contributed by atoms with Gasteiger partial charge in [-0.1, -0.05) is 104 Å². The average Bonchev–Trinajstić information content (AvgIpc) is 1.64. The molecule has 2 aliphatic rings. The van der Waals surface area contributed by atoms with Crippen molar-refractivity contribution in [1.29, 1.82) is 0 Å². The second-order valence-electron chi connectivity index (χ2n) is 23.8. The first-order valence-corrected chi connectivity index (χ1v) is 34.3. The molecule has 26 nitrogen and oxygen atoms in total. The number of epoxide rings is 1. The fourth-order valence-electron chi connectivity index (χ4n) is 9.65. The van der Waals surface area contributed by atoms with E-state index in [0.717, 1.165) is 11.1 Å². The van der Waals surface area contributed by atoms with Crippen molar-refractivity contribution in [2.45, 2.75) is 103 Å². The molecule has 4 rings (SSSR count). The molecule has 2 saturated heterocycles. The molecule has 2 aliphatic heterocycles. The summed E-state index contributed by atoms with van der Waals surface area (Å²) in [5.74, 6) is -2.29. The van der Waals surface area contributed by atoms with E-state index in [-0.39, 0.29) is 86.1 Å². The van der Waals surface area contributed by atoms with E-state index >= 15 is 0 Å². The number of ether oxygens (including phenoxy) is 12. The van der Waals surface area contributed by atoms with Crippen LogP contribution in [0.4, 0.5) is 0 Å². The lowest BCUT2D eigenvalue weighted by atomic mass is 9.93. The van der Waals surface area contributed by atoms with E-state index in [9.17, 15) is 33.6 Å². The van der Waals surface area contributed by atoms with Crippen LogP contribution in [-0.4, -0.2) is 277 Å². The standard InChI is InChI=1S/C67H108BrN7O19/c1-52(2)46-57(63(79)67(5)51-94-67)71-66(82)59(48-55-14-10-7-11-15-55)73-65(81)58(47-53(3)4)72-64(80)56(17-16-54-12-8-6-9-13-54)70-61(77)50-74-20-22-75(23-21-74)62(78)18-24-83-26-28-85-30-32-87-34-36-89-38-40-91-42-44-93-45-43-92-41-39-90-37-35-88-33-31-86-29-27-84-25-19-69-60(76)49-68/h6-15,52-53,56-59H,16-51H2,1-5H3,(H,69,76)(H,70,77)(H,71,82)(H,72,80)(H,73,81)/t56-,57-,58-,59-,67+/m0/s1. The van der Waals surface area contributed by atoms with Crippen molar-refractivity contribution in [3.63, 3.8) is 0 Å². The number of rotatable bonds is 57. The van der Waals surface area contributed by atoms with Crippen molar-refractivity contribution in [3.8, 4) is 0 Å². The maximum absolute atomic E-state index is 14.4. The van der Waals surface area contributed by atoms with Gasteiger partial charge in [-0.2, -0.15) is 0 Å². The molecule has 0 radical (unpaired) electrons. The predicted octanol–water partition coefficient (Wildman–Crippen LogP) is 2.48. The summed E-state index contributed by atoms with van der Waals surface area (Å²) in [7, 11) is 0. The molecule has 532 valence electrons. The molecule has 5 N–H and O–H groups in total. The third-order valence-electron chi connectivity index (χ3n) is 14.9. The lowest BCUT2D eigenvalue weighted by molar-refractivity contribution is -0.136. The van der Waals surface area contributed by atoms with Gasteiger partial charge in [0.05, 0.1) is 176 Å². The van der Waals surface area contributed by atoms with Crippen LogP contribution in [-0.2, 0) is 103 Å². The first kappa shape index (κ1) is 81.3. The third kappa shape index (κ3) is 38.0. The summed E-state index contributed by atoms with van der Waals surface area (Å²) in [5, 5.41) is 14.7. The van der Waals surface area contributed by atoms with Crippen molar-refractivity contribution in [1.82, 2.24) is 36.4 Å². The number of Topliss-reactive ketones (excluding diaryl/α,β-unsaturated/α-hetero) is 1. The van der Waals surface area contributed by atoms with Crippen molar-refractivity contribution in [2.24, 2.45) is 11.8 Å². The summed E-state index contributed by atoms with van der Waals surface area (Å²) in [6.07, 6.45) is 1.70. The lowest BCUT2D eigenvalue weighted by Gasteiger charge is -2.34. The zero-order chi connectivity index (χ0) is 67.9. The highest BCUT2D eigenvalue weighted by molar-refractivity contribution is 9.09. The van der Waals surface area contributed by atoms with Crippen LogP contribution in [0, 0.1) is 11.8 Å². The predicted molar refractivity (Wildman–Crippen MR) is 354 cm³/mol. The molecule has 2 heterocycles. The first-order valence-electron chi connectivity index (χ1n) is 33.2. The second kappa shape index (κ2) is 50.3. The van der Waals surface area contributed by atoms with Crippen LogP contribution in [0.5, 0.6) is 0 Å². The van der Waals surface area contributed by atoms with Crippen LogP contribution >= 0.6 is 15.9 Å². The molecule has 2 fully saturated rings. The van der Waals surface area contributed by atoms with Gasteiger partial charge in [0.25, 0.3) is 0 Å². The smallest absolute Gasteiger partial charge is 0.243 e. The van der Waals surface area contributed by atoms with E-state index in [1.54, 1.807) is 11.8 Å². The summed E-state index contributed by atoms with van der Waals surface area (Å²) >= 11 is 3.08. The topological polar surface area (TPSA) is 300 Å². The van der Waals surface area contributed by atoms with Gasteiger partial charge in [-0.3, -0.25) is 38.5 Å². The van der Waals surface area contributed by atoms with Crippen molar-refractivity contribution >= 4 is 57.2 Å². The maximum Gasteiger partial charge on any atom is 0.243 e. The number of hydrogen-bond acceptors (Lipinski definition) is 20. The number of ketones is 1. The Balaban J connectivity index is 1.01. The van der Waals surface area contributed by atoms with E-state index in [1.807, 2.05) is 93.3 Å². The molecule has 0 unspecified atom stereocenters. The Morgan fingerprint density at radius 2 is 0.862 bits per heavy atom. The molecule has 0 aliphatic carbocycles. The lowest BCUT2D eigenvalue weighted by Crippen LogP contribution is -2.59. The number of carbonyl (C=O) groups excluding carboxylic acids is 7. The number of alkyl halides is 1. The van der Waals surface area contributed by atoms with Gasteiger partial charge in [0, 0.05) is 39.1 Å². The molecular formula is C67H108BrN7O19. The van der Waals surface area contributed by atoms with Gasteiger partial charge in [0.1, 0.15) is 23.7 Å². The Kier molecular flexibility index (Phi) is 43.5. The number of nitrogens with one attached hydrogen (secondary N) is 5. The second-order valence-corrected chi connectivity index (χ2v) is 24.3. The molecule has 0 aromatic heterocycles. The van der Waals surface area contributed by atoms with E-state index in [4.69, 9.17) is 56.8 Å². The van der Waals surface area contributed by atoms with Crippen LogP contribution in [0.2, 0.25) is 0 Å². The van der Waals surface area contributed by atoms with Crippen molar-refractivity contribution in [3.05, 3.63) is 71.8 Å². The highest BCUT2D eigenvalue weighted by atomic mass is 79.9. The SMILES string of the molecule is CC(C)C[C@H](NC(=O)[C@H](CCc1ccccc1)NC(=O)CN1CCN(C(=O)CCOCCOCCOCCOCCOCCOCCOCCOCCOCCOCCOCCNC(=O)CBr)CC1)C(=O)N[C@@H](Cc1ccccc1)C(=O)N[C@@H](CC(C)C)C(=O)[C@@]1(C)CO1. The molecule has 94 heavy (non-hydrogen) atoms. The molecule has 2 aromatic rings. The van der Waals surface area contributed by atoms with Gasteiger partial charge in [0.15, 0.2) is 5.78 Å². The Bertz CT molecular complexity index is 2390. The summed E-state index contributed by atoms with van der Waals surface area (Å²) in [6, 6.07) is 14.9. The fourth-order valence-corrected chi connectivity index (χ4v) is 9.85. The number of hydrogen-bond donors (Lipinski definition) is 5. The number of halogens is 1. The van der Waals surface area contributed by atoms with Crippen LogP contribution in [0.3, 0.4) is 0 Å². The molecule has 27 heteroatoms. The molecule has 2 aromatic carbocycles. The summed E-state index contributed by atoms with van der Waals surface area (Å²) in [5.41, 5.74) is 0.799. The first-order chi connectivity index (χ1) is 45.6. The number of amides is 6. The minimum atomic E-state index is -1.08. The van der Waals surface area contributed by atoms with Crippen LogP contribution in [0.1, 0.15) is 71.4 Å². The Hall–Kier alpha value is -5.11. The van der Waals surface area contributed by atoms with Gasteiger partial charge in [-0.15, -0.1) is 0 Å². The number of benzene rings is 2. The fraction of sp³-hybridized carbons (Fsp3) is 0.716. The number of nitrogens with zero attached hydrogens (tertiary/aromatic N) is 2. The van der Waals surface area contributed by atoms with Crippen LogP contribution in [0.15, 0.2) is 60.7 Å². The van der Waals surface area contributed by atoms with Gasteiger partial charge in [0.2, 0.25) is 35.4 Å². The van der Waals surface area contributed by atoms with E-state index in [2.05, 4.69) is 42.5 Å². The summed E-state index contributed by atoms with van der Waals surface area (Å²) in [4.78, 5) is 98.0. The molecule has 0 spiro atoms. The van der Waals surface area contributed by atoms with E-state index in [0.29, 0.717) is 184 Å². The van der Waals surface area contributed by atoms with Crippen molar-refractivity contribution < 1.29 is 90.4 Å².